The summed E-state index contributed by atoms with van der Waals surface area (Å²) in [7, 11) is 3.14. The zero-order valence-electron chi connectivity index (χ0n) is 22.6. The van der Waals surface area contributed by atoms with Crippen molar-refractivity contribution >= 4 is 17.2 Å². The fraction of sp³-hybridized carbons (Fsp3) is 0.643. The maximum atomic E-state index is 3.84. The van der Waals surface area contributed by atoms with Gasteiger partial charge in [0.25, 0.3) is 0 Å². The summed E-state index contributed by atoms with van der Waals surface area (Å²) in [4.78, 5) is 0. The first-order valence-electron chi connectivity index (χ1n) is 12.9. The summed E-state index contributed by atoms with van der Waals surface area (Å²) in [5.74, 6) is 0. The Hall–Kier alpha value is -0.0805. The van der Waals surface area contributed by atoms with Gasteiger partial charge in [0.2, 0.25) is 0 Å². The minimum absolute atomic E-state index is 0. The van der Waals surface area contributed by atoms with E-state index in [1.165, 1.54) is 11.7 Å². The number of hydrogen-bond acceptors (Lipinski definition) is 4. The van der Waals surface area contributed by atoms with Crippen LogP contribution in [0.5, 0.6) is 0 Å². The summed E-state index contributed by atoms with van der Waals surface area (Å²) in [6, 6.07) is 17.9. The van der Waals surface area contributed by atoms with Crippen LogP contribution in [0.3, 0.4) is 0 Å². The van der Waals surface area contributed by atoms with E-state index in [1.54, 1.807) is 5.56 Å². The molecule has 0 aromatic heterocycles. The summed E-state index contributed by atoms with van der Waals surface area (Å²) in [6.45, 7) is 20.8. The average molecular weight is 559 g/mol. The van der Waals surface area contributed by atoms with Gasteiger partial charge >= 0.3 is 0 Å². The SMILES string of the molecule is CC(C)(C)P(C[c-]1cccc1C(P)(C1CNCCN1)C1CNCCN1)C(C)(C)C.[Fe].[cH-]1[cH-][cH-][cH-][cH-]1. The predicted molar refractivity (Wildman–Crippen MR) is 155 cm³/mol. The van der Waals surface area contributed by atoms with Crippen LogP contribution in [0.15, 0.2) is 48.5 Å². The zero-order chi connectivity index (χ0) is 24.8. The van der Waals surface area contributed by atoms with Crippen molar-refractivity contribution in [2.75, 3.05) is 39.3 Å². The first-order valence-corrected chi connectivity index (χ1v) is 15.0. The van der Waals surface area contributed by atoms with E-state index in [9.17, 15) is 0 Å². The fourth-order valence-electron chi connectivity index (χ4n) is 5.59. The molecule has 35 heavy (non-hydrogen) atoms. The minimum Gasteiger partial charge on any atom is -0.748 e. The molecule has 0 saturated carbocycles. The first-order chi connectivity index (χ1) is 16.0. The molecule has 4 rings (SSSR count). The topological polar surface area (TPSA) is 48.1 Å². The largest absolute Gasteiger partial charge is 0.748 e. The Morgan fingerprint density at radius 3 is 1.69 bits per heavy atom. The molecule has 2 saturated heterocycles. The Morgan fingerprint density at radius 1 is 0.857 bits per heavy atom. The van der Waals surface area contributed by atoms with Crippen molar-refractivity contribution in [3.63, 3.8) is 0 Å². The van der Waals surface area contributed by atoms with Crippen molar-refractivity contribution in [3.05, 3.63) is 59.7 Å². The quantitative estimate of drug-likeness (QED) is 0.247. The third-order valence-corrected chi connectivity index (χ3v) is 12.1. The van der Waals surface area contributed by atoms with Gasteiger partial charge in [0.1, 0.15) is 0 Å². The van der Waals surface area contributed by atoms with E-state index >= 15 is 0 Å². The third kappa shape index (κ3) is 8.20. The van der Waals surface area contributed by atoms with Gasteiger partial charge in [-0.2, -0.15) is 11.6 Å². The molecule has 204 valence electrons. The standard InChI is InChI=1S/C23H43N4P2.C5H5.Fe/c1-21(2,3)29(22(4,5)6)16-17-8-7-9-18(17)23(28,19-14-24-10-12-26-19)20-15-25-11-13-27-20;1-2-4-5-3-1;/h7-9,19-20,24-27H,10-16,28H2,1-6H3;1-5H;/q-1;-5;. The molecule has 4 nitrogen and oxygen atoms in total. The van der Waals surface area contributed by atoms with E-state index in [1.807, 2.05) is 30.3 Å². The fourth-order valence-corrected chi connectivity index (χ4v) is 9.92. The molecule has 4 N–H and O–H groups in total. The van der Waals surface area contributed by atoms with Crippen LogP contribution in [-0.2, 0) is 28.4 Å². The smallest absolute Gasteiger partial charge is 0.0319 e. The molecule has 2 aliphatic rings. The molecule has 2 heterocycles. The van der Waals surface area contributed by atoms with E-state index < -0.39 is 0 Å². The molecule has 0 spiro atoms. The second-order valence-electron chi connectivity index (χ2n) is 11.7. The number of rotatable bonds is 5. The molecule has 3 unspecified atom stereocenters. The van der Waals surface area contributed by atoms with Gasteiger partial charge in [0, 0.05) is 73.6 Å². The van der Waals surface area contributed by atoms with E-state index in [4.69, 9.17) is 0 Å². The molecule has 0 amide bonds. The molecule has 2 aromatic carbocycles. The second kappa shape index (κ2) is 13.6. The second-order valence-corrected chi connectivity index (χ2v) is 16.5. The van der Waals surface area contributed by atoms with Crippen LogP contribution in [-0.4, -0.2) is 61.7 Å². The van der Waals surface area contributed by atoms with Crippen LogP contribution >= 0.6 is 17.2 Å². The molecule has 0 bridgehead atoms. The van der Waals surface area contributed by atoms with Crippen molar-refractivity contribution in [2.24, 2.45) is 0 Å². The van der Waals surface area contributed by atoms with Gasteiger partial charge in [-0.25, -0.2) is 12.1 Å². The van der Waals surface area contributed by atoms with Gasteiger partial charge in [-0.15, -0.1) is 22.7 Å². The molecular weight excluding hydrogens is 510 g/mol. The van der Waals surface area contributed by atoms with Gasteiger partial charge in [0.05, 0.1) is 0 Å². The molecule has 2 aliphatic heterocycles. The normalized spacial score (nSPS) is 23.1. The van der Waals surface area contributed by atoms with E-state index in [0.717, 1.165) is 39.3 Å². The molecule has 3 atom stereocenters. The van der Waals surface area contributed by atoms with Crippen molar-refractivity contribution in [2.45, 2.75) is 75.3 Å². The van der Waals surface area contributed by atoms with Crippen LogP contribution in [0.1, 0.15) is 52.7 Å². The van der Waals surface area contributed by atoms with Crippen LogP contribution in [0.2, 0.25) is 0 Å². The van der Waals surface area contributed by atoms with E-state index in [0.29, 0.717) is 22.4 Å². The van der Waals surface area contributed by atoms with Gasteiger partial charge in [-0.1, -0.05) is 47.7 Å². The maximum Gasteiger partial charge on any atom is 0.0319 e. The average Bonchev–Trinajstić information content (AvgIpc) is 3.52. The number of nitrogens with one attached hydrogen (secondary N) is 4. The Kier molecular flexibility index (Phi) is 12.1. The number of piperazine rings is 2. The van der Waals surface area contributed by atoms with Gasteiger partial charge in [-0.05, 0) is 10.3 Å². The van der Waals surface area contributed by atoms with E-state index in [2.05, 4.69) is 90.2 Å². The third-order valence-electron chi connectivity index (χ3n) is 7.11. The molecule has 0 aliphatic carbocycles. The molecule has 7 heteroatoms. The Balaban J connectivity index is 0.000000640. The maximum absolute atomic E-state index is 3.84. The number of hydrogen-bond donors (Lipinski definition) is 4. The Morgan fingerprint density at radius 2 is 1.31 bits per heavy atom. The molecule has 0 radical (unpaired) electrons. The van der Waals surface area contributed by atoms with E-state index in [-0.39, 0.29) is 30.1 Å². The molecular formula is C28H48FeN4P2-6. The van der Waals surface area contributed by atoms with Crippen molar-refractivity contribution in [1.29, 1.82) is 0 Å². The van der Waals surface area contributed by atoms with Gasteiger partial charge in [-0.3, -0.25) is 0 Å². The molecule has 2 aromatic rings. The van der Waals surface area contributed by atoms with Crippen LogP contribution < -0.4 is 21.3 Å². The first kappa shape index (κ1) is 31.1. The summed E-state index contributed by atoms with van der Waals surface area (Å²) in [6.07, 6.45) is 1.20. The summed E-state index contributed by atoms with van der Waals surface area (Å²) < 4.78 is 0. The van der Waals surface area contributed by atoms with Crippen molar-refractivity contribution in [1.82, 2.24) is 21.3 Å². The van der Waals surface area contributed by atoms with Gasteiger partial charge in [0.15, 0.2) is 0 Å². The van der Waals surface area contributed by atoms with Crippen molar-refractivity contribution < 1.29 is 17.1 Å². The summed E-state index contributed by atoms with van der Waals surface area (Å²) in [5, 5.41) is 15.6. The molecule has 2 fully saturated rings. The monoisotopic (exact) mass is 558 g/mol. The summed E-state index contributed by atoms with van der Waals surface area (Å²) >= 11 is 0. The zero-order valence-corrected chi connectivity index (χ0v) is 25.8. The van der Waals surface area contributed by atoms with Crippen LogP contribution in [0.4, 0.5) is 0 Å². The predicted octanol–water partition coefficient (Wildman–Crippen LogP) is 4.58. The van der Waals surface area contributed by atoms with Crippen LogP contribution in [0.25, 0.3) is 0 Å². The minimum atomic E-state index is -0.173. The van der Waals surface area contributed by atoms with Gasteiger partial charge < -0.3 is 51.6 Å². The Bertz CT molecular complexity index is 777. The van der Waals surface area contributed by atoms with Crippen LogP contribution in [0, 0.1) is 0 Å². The Labute approximate surface area is 229 Å². The van der Waals surface area contributed by atoms with Crippen molar-refractivity contribution in [3.8, 4) is 0 Å². The summed E-state index contributed by atoms with van der Waals surface area (Å²) in [5.41, 5.74) is 3.07.